The van der Waals surface area contributed by atoms with Crippen molar-refractivity contribution in [3.05, 3.63) is 24.5 Å². The van der Waals surface area contributed by atoms with Crippen molar-refractivity contribution in [3.8, 4) is 0 Å². The normalized spacial score (nSPS) is 22.4. The van der Waals surface area contributed by atoms with Crippen LogP contribution in [0.3, 0.4) is 0 Å². The smallest absolute Gasteiger partial charge is 0.245 e. The number of hydrogen-bond donors (Lipinski definition) is 1. The van der Waals surface area contributed by atoms with Crippen LogP contribution in [0.15, 0.2) is 29.4 Å². The van der Waals surface area contributed by atoms with Crippen LogP contribution in [0.4, 0.5) is 0 Å². The third-order valence-electron chi connectivity index (χ3n) is 5.78. The summed E-state index contributed by atoms with van der Waals surface area (Å²) in [6.45, 7) is 1.60. The number of piperazine rings is 1. The Morgan fingerprint density at radius 2 is 1.83 bits per heavy atom. The lowest BCUT2D eigenvalue weighted by Gasteiger charge is -2.38. The lowest BCUT2D eigenvalue weighted by Crippen LogP contribution is -2.53. The van der Waals surface area contributed by atoms with Crippen LogP contribution in [0.5, 0.6) is 0 Å². The van der Waals surface area contributed by atoms with Crippen molar-refractivity contribution in [1.29, 1.82) is 0 Å². The Morgan fingerprint density at radius 1 is 1.10 bits per heavy atom. The first-order chi connectivity index (χ1) is 14.2. The van der Waals surface area contributed by atoms with Gasteiger partial charge in [-0.15, -0.1) is 0 Å². The van der Waals surface area contributed by atoms with Crippen LogP contribution in [-0.2, 0) is 24.8 Å². The van der Waals surface area contributed by atoms with Crippen molar-refractivity contribution in [3.63, 3.8) is 0 Å². The fourth-order valence-electron chi connectivity index (χ4n) is 4.14. The highest BCUT2D eigenvalue weighted by Crippen LogP contribution is 2.26. The van der Waals surface area contributed by atoms with Crippen molar-refractivity contribution >= 4 is 37.0 Å². The summed E-state index contributed by atoms with van der Waals surface area (Å²) >= 11 is 0. The molecule has 2 saturated heterocycles. The third kappa shape index (κ3) is 3.96. The average Bonchev–Trinajstić information content (AvgIpc) is 3.18. The molecule has 4 rings (SSSR count). The van der Waals surface area contributed by atoms with E-state index in [9.17, 15) is 21.6 Å². The molecule has 30 heavy (non-hydrogen) atoms. The van der Waals surface area contributed by atoms with Gasteiger partial charge in [0.15, 0.2) is 0 Å². The molecule has 12 heteroatoms. The molecule has 1 atom stereocenters. The number of sulfonamides is 2. The van der Waals surface area contributed by atoms with Crippen LogP contribution in [0.1, 0.15) is 12.8 Å². The molecule has 2 aromatic rings. The van der Waals surface area contributed by atoms with Gasteiger partial charge in [0.1, 0.15) is 10.5 Å². The molecule has 0 saturated carbocycles. The van der Waals surface area contributed by atoms with Gasteiger partial charge in [0.2, 0.25) is 26.0 Å². The van der Waals surface area contributed by atoms with Crippen LogP contribution < -0.4 is 0 Å². The monoisotopic (exact) mass is 455 g/mol. The SMILES string of the molecule is CS(=O)(=O)N1CCCC(C(=O)N2CCN(S(=O)(=O)c3c[nH]c4ncccc34)CC2)C1. The van der Waals surface area contributed by atoms with Gasteiger partial charge in [-0.1, -0.05) is 0 Å². The molecule has 2 aliphatic rings. The minimum atomic E-state index is -3.71. The Hall–Kier alpha value is -2.02. The predicted molar refractivity (Wildman–Crippen MR) is 111 cm³/mol. The van der Waals surface area contributed by atoms with E-state index < -0.39 is 20.0 Å². The van der Waals surface area contributed by atoms with E-state index in [2.05, 4.69) is 9.97 Å². The average molecular weight is 456 g/mol. The molecule has 0 bridgehead atoms. The first kappa shape index (κ1) is 21.2. The number of H-pyrrole nitrogens is 1. The van der Waals surface area contributed by atoms with Crippen molar-refractivity contribution in [1.82, 2.24) is 23.5 Å². The molecule has 2 aliphatic heterocycles. The molecule has 4 heterocycles. The predicted octanol–water partition coefficient (Wildman–Crippen LogP) is 0.0674. The van der Waals surface area contributed by atoms with Crippen LogP contribution in [-0.4, -0.2) is 91.7 Å². The number of rotatable bonds is 4. The number of pyridine rings is 1. The number of amides is 1. The Bertz CT molecular complexity index is 1150. The maximum Gasteiger partial charge on any atom is 0.245 e. The lowest BCUT2D eigenvalue weighted by atomic mass is 9.98. The molecular weight excluding hydrogens is 430 g/mol. The molecule has 1 unspecified atom stereocenters. The van der Waals surface area contributed by atoms with E-state index in [4.69, 9.17) is 0 Å². The summed E-state index contributed by atoms with van der Waals surface area (Å²) in [6, 6.07) is 3.40. The van der Waals surface area contributed by atoms with Crippen molar-refractivity contribution in [2.75, 3.05) is 45.5 Å². The number of hydrogen-bond acceptors (Lipinski definition) is 6. The number of aromatic nitrogens is 2. The van der Waals surface area contributed by atoms with Gasteiger partial charge >= 0.3 is 0 Å². The van der Waals surface area contributed by atoms with Crippen molar-refractivity contribution in [2.45, 2.75) is 17.7 Å². The van der Waals surface area contributed by atoms with Gasteiger partial charge < -0.3 is 9.88 Å². The van der Waals surface area contributed by atoms with E-state index >= 15 is 0 Å². The van der Waals surface area contributed by atoms with Gasteiger partial charge in [-0.3, -0.25) is 4.79 Å². The highest BCUT2D eigenvalue weighted by Gasteiger charge is 2.36. The van der Waals surface area contributed by atoms with Gasteiger partial charge in [-0.25, -0.2) is 26.1 Å². The van der Waals surface area contributed by atoms with Gasteiger partial charge in [0.05, 0.1) is 12.2 Å². The third-order valence-corrected chi connectivity index (χ3v) is 8.99. The number of nitrogens with zero attached hydrogens (tertiary/aromatic N) is 4. The minimum Gasteiger partial charge on any atom is -0.345 e. The molecular formula is C18H25N5O5S2. The van der Waals surface area contributed by atoms with E-state index in [0.717, 1.165) is 6.26 Å². The maximum absolute atomic E-state index is 13.1. The number of carbonyl (C=O) groups excluding carboxylic acids is 1. The number of piperidine rings is 1. The molecule has 164 valence electrons. The first-order valence-electron chi connectivity index (χ1n) is 9.84. The second-order valence-electron chi connectivity index (χ2n) is 7.74. The molecule has 0 spiro atoms. The van der Waals surface area contributed by atoms with E-state index in [1.165, 1.54) is 14.8 Å². The molecule has 0 radical (unpaired) electrons. The number of nitrogens with one attached hydrogen (secondary N) is 1. The summed E-state index contributed by atoms with van der Waals surface area (Å²) in [4.78, 5) is 21.8. The minimum absolute atomic E-state index is 0.100. The topological polar surface area (TPSA) is 124 Å². The summed E-state index contributed by atoms with van der Waals surface area (Å²) in [5, 5.41) is 0.541. The molecule has 2 aromatic heterocycles. The van der Waals surface area contributed by atoms with Crippen LogP contribution >= 0.6 is 0 Å². The quantitative estimate of drug-likeness (QED) is 0.696. The molecule has 0 aliphatic carbocycles. The second kappa shape index (κ2) is 7.91. The Morgan fingerprint density at radius 3 is 2.53 bits per heavy atom. The zero-order valence-electron chi connectivity index (χ0n) is 16.7. The fourth-order valence-corrected chi connectivity index (χ4v) is 6.62. The Kier molecular flexibility index (Phi) is 5.60. The summed E-state index contributed by atoms with van der Waals surface area (Å²) in [5.74, 6) is -0.479. The second-order valence-corrected chi connectivity index (χ2v) is 11.6. The summed E-state index contributed by atoms with van der Waals surface area (Å²) < 4.78 is 52.5. The number of fused-ring (bicyclic) bond motifs is 1. The van der Waals surface area contributed by atoms with Gasteiger partial charge in [-0.2, -0.15) is 4.31 Å². The Balaban J connectivity index is 1.43. The summed E-state index contributed by atoms with van der Waals surface area (Å²) in [7, 11) is -7.04. The molecule has 1 amide bonds. The van der Waals surface area contributed by atoms with Crippen molar-refractivity contribution in [2.24, 2.45) is 5.92 Å². The molecule has 0 aromatic carbocycles. The van der Waals surface area contributed by atoms with Crippen LogP contribution in [0.2, 0.25) is 0 Å². The zero-order chi connectivity index (χ0) is 21.5. The summed E-state index contributed by atoms with van der Waals surface area (Å²) in [5.41, 5.74) is 0.512. The van der Waals surface area contributed by atoms with Crippen LogP contribution in [0, 0.1) is 5.92 Å². The van der Waals surface area contributed by atoms with E-state index in [0.29, 0.717) is 30.4 Å². The van der Waals surface area contributed by atoms with Gasteiger partial charge in [-0.05, 0) is 25.0 Å². The highest BCUT2D eigenvalue weighted by atomic mass is 32.2. The first-order valence-corrected chi connectivity index (χ1v) is 13.1. The van der Waals surface area contributed by atoms with E-state index in [1.807, 2.05) is 0 Å². The zero-order valence-corrected chi connectivity index (χ0v) is 18.3. The van der Waals surface area contributed by atoms with E-state index in [-0.39, 0.29) is 49.4 Å². The standard InChI is InChI=1S/C18H25N5O5S2/c1-29(25,26)23-7-3-4-14(13-23)18(24)21-8-10-22(11-9-21)30(27,28)16-12-20-17-15(16)5-2-6-19-17/h2,5-6,12,14H,3-4,7-11,13H2,1H3,(H,19,20). The molecule has 10 nitrogen and oxygen atoms in total. The largest absolute Gasteiger partial charge is 0.345 e. The van der Waals surface area contributed by atoms with Gasteiger partial charge in [0.25, 0.3) is 0 Å². The Labute approximate surface area is 176 Å². The maximum atomic E-state index is 13.1. The number of carbonyl (C=O) groups is 1. The van der Waals surface area contributed by atoms with Crippen molar-refractivity contribution < 1.29 is 21.6 Å². The van der Waals surface area contributed by atoms with Crippen LogP contribution in [0.25, 0.3) is 11.0 Å². The molecule has 1 N–H and O–H groups in total. The van der Waals surface area contributed by atoms with Gasteiger partial charge in [0, 0.05) is 57.0 Å². The molecule has 2 fully saturated rings. The van der Waals surface area contributed by atoms with E-state index in [1.54, 1.807) is 23.2 Å². The fraction of sp³-hybridized carbons (Fsp3) is 0.556. The lowest BCUT2D eigenvalue weighted by molar-refractivity contribution is -0.137. The highest BCUT2D eigenvalue weighted by molar-refractivity contribution is 7.89. The summed E-state index contributed by atoms with van der Waals surface area (Å²) in [6.07, 6.45) is 5.49. The number of aromatic amines is 1.